The van der Waals surface area contributed by atoms with Crippen molar-refractivity contribution in [1.29, 1.82) is 0 Å². The summed E-state index contributed by atoms with van der Waals surface area (Å²) in [6.45, 7) is 3.22. The average molecular weight is 275 g/mol. The first-order chi connectivity index (χ1) is 8.71. The number of ether oxygens (including phenoxy) is 1. The van der Waals surface area contributed by atoms with Gasteiger partial charge in [0.15, 0.2) is 0 Å². The molecule has 106 valence electrons. The molecule has 0 aliphatic heterocycles. The molecule has 6 heteroatoms. The number of nitrogens with one attached hydrogen (secondary N) is 1. The van der Waals surface area contributed by atoms with E-state index in [1.165, 1.54) is 13.8 Å². The van der Waals surface area contributed by atoms with Gasteiger partial charge in [0, 0.05) is 0 Å². The van der Waals surface area contributed by atoms with E-state index in [-0.39, 0.29) is 13.2 Å². The summed E-state index contributed by atoms with van der Waals surface area (Å²) in [5.41, 5.74) is -0.165. The monoisotopic (exact) mass is 275 g/mol. The molecule has 0 heterocycles. The Hall–Kier alpha value is -1.56. The molecule has 0 bridgehead atoms. The Bertz CT molecular complexity index is 416. The summed E-state index contributed by atoms with van der Waals surface area (Å²) in [5, 5.41) is 1.89. The number of hydrogen-bond acceptors (Lipinski definition) is 2. The van der Waals surface area contributed by atoms with Gasteiger partial charge in [0.1, 0.15) is 0 Å². The van der Waals surface area contributed by atoms with E-state index in [0.717, 1.165) is 5.56 Å². The van der Waals surface area contributed by atoms with E-state index < -0.39 is 17.6 Å². The Morgan fingerprint density at radius 3 is 2.32 bits per heavy atom. The molecule has 0 fully saturated rings. The number of hydrogen-bond donors (Lipinski definition) is 1. The van der Waals surface area contributed by atoms with E-state index in [2.05, 4.69) is 0 Å². The molecule has 0 aliphatic rings. The summed E-state index contributed by atoms with van der Waals surface area (Å²) < 4.78 is 41.7. The van der Waals surface area contributed by atoms with Gasteiger partial charge >= 0.3 is 12.1 Å². The second-order valence-electron chi connectivity index (χ2n) is 4.81. The number of rotatable bonds is 5. The van der Waals surface area contributed by atoms with Crippen LogP contribution in [0.3, 0.4) is 0 Å². The van der Waals surface area contributed by atoms with Crippen molar-refractivity contribution >= 4 is 5.91 Å². The Labute approximate surface area is 109 Å². The number of benzene rings is 1. The van der Waals surface area contributed by atoms with Gasteiger partial charge in [0.2, 0.25) is 0 Å². The second kappa shape index (κ2) is 6.06. The standard InChI is InChI=1S/C13H16F3NO2/c1-12(2,17-11(18)13(14,15)16)9-19-8-10-6-4-3-5-7-10/h3-7H,8-9H2,1-2H3,(H,17,18). The van der Waals surface area contributed by atoms with Crippen LogP contribution in [0, 0.1) is 0 Å². The number of alkyl halides is 3. The molecule has 0 spiro atoms. The quantitative estimate of drug-likeness (QED) is 0.897. The third-order valence-electron chi connectivity index (χ3n) is 2.28. The Morgan fingerprint density at radius 1 is 1.21 bits per heavy atom. The summed E-state index contributed by atoms with van der Waals surface area (Å²) in [6.07, 6.45) is -4.88. The molecule has 0 atom stereocenters. The molecule has 1 rings (SSSR count). The maximum atomic E-state index is 12.1. The molecule has 3 nitrogen and oxygen atoms in total. The van der Waals surface area contributed by atoms with Gasteiger partial charge in [-0.1, -0.05) is 30.3 Å². The predicted octanol–water partition coefficient (Wildman–Crippen LogP) is 2.66. The van der Waals surface area contributed by atoms with Gasteiger partial charge in [-0.2, -0.15) is 13.2 Å². The Kier molecular flexibility index (Phi) is 4.94. The number of carbonyl (C=O) groups is 1. The summed E-state index contributed by atoms with van der Waals surface area (Å²) >= 11 is 0. The highest BCUT2D eigenvalue weighted by Gasteiger charge is 2.41. The zero-order valence-electron chi connectivity index (χ0n) is 10.8. The molecular formula is C13H16F3NO2. The van der Waals surface area contributed by atoms with Crippen molar-refractivity contribution in [2.24, 2.45) is 0 Å². The van der Waals surface area contributed by atoms with E-state index in [4.69, 9.17) is 4.74 Å². The van der Waals surface area contributed by atoms with Crippen LogP contribution in [-0.4, -0.2) is 24.2 Å². The lowest BCUT2D eigenvalue weighted by molar-refractivity contribution is -0.176. The largest absolute Gasteiger partial charge is 0.471 e. The SMILES string of the molecule is CC(C)(COCc1ccccc1)NC(=O)C(F)(F)F. The van der Waals surface area contributed by atoms with Crippen LogP contribution in [0.2, 0.25) is 0 Å². The smallest absolute Gasteiger partial charge is 0.374 e. The van der Waals surface area contributed by atoms with Crippen molar-refractivity contribution in [3.63, 3.8) is 0 Å². The van der Waals surface area contributed by atoms with Crippen molar-refractivity contribution in [3.05, 3.63) is 35.9 Å². The van der Waals surface area contributed by atoms with Gasteiger partial charge in [0.25, 0.3) is 0 Å². The van der Waals surface area contributed by atoms with Crippen LogP contribution < -0.4 is 5.32 Å². The summed E-state index contributed by atoms with van der Waals surface area (Å²) in [5.74, 6) is -1.96. The van der Waals surface area contributed by atoms with Crippen molar-refractivity contribution in [2.45, 2.75) is 32.2 Å². The number of carbonyl (C=O) groups excluding carboxylic acids is 1. The van der Waals surface area contributed by atoms with Gasteiger partial charge in [-0.3, -0.25) is 4.79 Å². The minimum atomic E-state index is -4.88. The minimum Gasteiger partial charge on any atom is -0.374 e. The van der Waals surface area contributed by atoms with Gasteiger partial charge < -0.3 is 10.1 Å². The van der Waals surface area contributed by atoms with Crippen molar-refractivity contribution in [1.82, 2.24) is 5.32 Å². The predicted molar refractivity (Wildman–Crippen MR) is 64.4 cm³/mol. The van der Waals surface area contributed by atoms with Gasteiger partial charge in [-0.25, -0.2) is 0 Å². The first-order valence-corrected chi connectivity index (χ1v) is 5.72. The second-order valence-corrected chi connectivity index (χ2v) is 4.81. The highest BCUT2D eigenvalue weighted by Crippen LogP contribution is 2.16. The lowest BCUT2D eigenvalue weighted by Crippen LogP contribution is -2.51. The first-order valence-electron chi connectivity index (χ1n) is 5.72. The number of amides is 1. The fourth-order valence-corrected chi connectivity index (χ4v) is 1.41. The fourth-order valence-electron chi connectivity index (χ4n) is 1.41. The lowest BCUT2D eigenvalue weighted by atomic mass is 10.1. The van der Waals surface area contributed by atoms with Crippen LogP contribution in [-0.2, 0) is 16.1 Å². The molecule has 0 aliphatic carbocycles. The summed E-state index contributed by atoms with van der Waals surface area (Å²) in [6, 6.07) is 9.24. The molecule has 0 saturated heterocycles. The third kappa shape index (κ3) is 5.74. The fraction of sp³-hybridized carbons (Fsp3) is 0.462. The van der Waals surface area contributed by atoms with Crippen molar-refractivity contribution < 1.29 is 22.7 Å². The zero-order chi connectivity index (χ0) is 14.5. The first kappa shape index (κ1) is 15.5. The molecule has 1 aromatic carbocycles. The summed E-state index contributed by atoms with van der Waals surface area (Å²) in [7, 11) is 0. The van der Waals surface area contributed by atoms with E-state index >= 15 is 0 Å². The zero-order valence-corrected chi connectivity index (χ0v) is 10.8. The maximum absolute atomic E-state index is 12.1. The normalized spacial score (nSPS) is 12.3. The van der Waals surface area contributed by atoms with Crippen LogP contribution in [0.4, 0.5) is 13.2 Å². The molecule has 1 amide bonds. The van der Waals surface area contributed by atoms with Gasteiger partial charge in [-0.15, -0.1) is 0 Å². The van der Waals surface area contributed by atoms with Gasteiger partial charge in [-0.05, 0) is 19.4 Å². The maximum Gasteiger partial charge on any atom is 0.471 e. The highest BCUT2D eigenvalue weighted by molar-refractivity contribution is 5.82. The van der Waals surface area contributed by atoms with Crippen molar-refractivity contribution in [2.75, 3.05) is 6.61 Å². The molecule has 0 unspecified atom stereocenters. The van der Waals surface area contributed by atoms with Gasteiger partial charge in [0.05, 0.1) is 18.8 Å². The van der Waals surface area contributed by atoms with Crippen LogP contribution >= 0.6 is 0 Å². The van der Waals surface area contributed by atoms with E-state index in [1.807, 2.05) is 35.6 Å². The van der Waals surface area contributed by atoms with E-state index in [0.29, 0.717) is 0 Å². The average Bonchev–Trinajstić information content (AvgIpc) is 2.28. The molecule has 1 N–H and O–H groups in total. The molecule has 19 heavy (non-hydrogen) atoms. The molecule has 1 aromatic rings. The Balaban J connectivity index is 2.41. The van der Waals surface area contributed by atoms with Crippen LogP contribution in [0.25, 0.3) is 0 Å². The minimum absolute atomic E-state index is 0.0102. The molecule has 0 radical (unpaired) electrons. The third-order valence-corrected chi connectivity index (χ3v) is 2.28. The van der Waals surface area contributed by atoms with E-state index in [9.17, 15) is 18.0 Å². The topological polar surface area (TPSA) is 38.3 Å². The van der Waals surface area contributed by atoms with E-state index in [1.54, 1.807) is 0 Å². The lowest BCUT2D eigenvalue weighted by Gasteiger charge is -2.26. The molecule has 0 aromatic heterocycles. The van der Waals surface area contributed by atoms with Crippen LogP contribution in [0.5, 0.6) is 0 Å². The van der Waals surface area contributed by atoms with Crippen molar-refractivity contribution in [3.8, 4) is 0 Å². The highest BCUT2D eigenvalue weighted by atomic mass is 19.4. The number of halogens is 3. The summed E-state index contributed by atoms with van der Waals surface area (Å²) in [4.78, 5) is 10.8. The van der Waals surface area contributed by atoms with Crippen LogP contribution in [0.1, 0.15) is 19.4 Å². The Morgan fingerprint density at radius 2 is 1.79 bits per heavy atom. The molecular weight excluding hydrogens is 259 g/mol. The molecule has 0 saturated carbocycles. The van der Waals surface area contributed by atoms with Crippen LogP contribution in [0.15, 0.2) is 30.3 Å².